The molecule has 0 saturated carbocycles. The molecule has 2 aromatic rings. The molecule has 1 heterocycles. The summed E-state index contributed by atoms with van der Waals surface area (Å²) in [5.74, 6) is 0.150. The molecule has 0 amide bonds. The molecule has 0 saturated heterocycles. The standard InChI is InChI=1S/C12H9ClN2O/c13-10-3-4-12(16)9(6-10)7-15-11-2-1-5-14-8-11/h1-8,16H. The van der Waals surface area contributed by atoms with Crippen molar-refractivity contribution in [3.05, 3.63) is 53.3 Å². The zero-order chi connectivity index (χ0) is 11.4. The second-order valence-electron chi connectivity index (χ2n) is 3.17. The van der Waals surface area contributed by atoms with E-state index in [0.717, 1.165) is 5.69 Å². The van der Waals surface area contributed by atoms with Crippen LogP contribution >= 0.6 is 11.6 Å². The lowest BCUT2D eigenvalue weighted by molar-refractivity contribution is 0.474. The van der Waals surface area contributed by atoms with Crippen molar-refractivity contribution in [3.8, 4) is 5.75 Å². The van der Waals surface area contributed by atoms with E-state index in [4.69, 9.17) is 11.6 Å². The van der Waals surface area contributed by atoms with Crippen LogP contribution in [0, 0.1) is 0 Å². The maximum atomic E-state index is 9.55. The van der Waals surface area contributed by atoms with Gasteiger partial charge in [0, 0.05) is 23.0 Å². The van der Waals surface area contributed by atoms with Gasteiger partial charge < -0.3 is 5.11 Å². The number of benzene rings is 1. The van der Waals surface area contributed by atoms with Gasteiger partial charge in [0.1, 0.15) is 5.75 Å². The van der Waals surface area contributed by atoms with E-state index in [-0.39, 0.29) is 5.75 Å². The maximum Gasteiger partial charge on any atom is 0.124 e. The van der Waals surface area contributed by atoms with Gasteiger partial charge in [-0.15, -0.1) is 0 Å². The average molecular weight is 233 g/mol. The summed E-state index contributed by atoms with van der Waals surface area (Å²) in [5, 5.41) is 10.1. The molecule has 2 rings (SSSR count). The van der Waals surface area contributed by atoms with E-state index >= 15 is 0 Å². The van der Waals surface area contributed by atoms with Gasteiger partial charge in [-0.2, -0.15) is 0 Å². The Labute approximate surface area is 98.1 Å². The Balaban J connectivity index is 2.27. The van der Waals surface area contributed by atoms with Gasteiger partial charge in [0.15, 0.2) is 0 Å². The van der Waals surface area contributed by atoms with Crippen molar-refractivity contribution >= 4 is 23.5 Å². The van der Waals surface area contributed by atoms with Gasteiger partial charge in [0.25, 0.3) is 0 Å². The molecule has 0 bridgehead atoms. The lowest BCUT2D eigenvalue weighted by Gasteiger charge is -1.98. The summed E-state index contributed by atoms with van der Waals surface area (Å²) in [6, 6.07) is 8.43. The molecule has 80 valence electrons. The van der Waals surface area contributed by atoms with Gasteiger partial charge in [-0.3, -0.25) is 9.98 Å². The second kappa shape index (κ2) is 4.77. The minimum absolute atomic E-state index is 0.150. The van der Waals surface area contributed by atoms with Crippen LogP contribution in [-0.2, 0) is 0 Å². The van der Waals surface area contributed by atoms with Crippen LogP contribution in [0.5, 0.6) is 5.75 Å². The molecule has 0 fully saturated rings. The molecule has 3 nitrogen and oxygen atoms in total. The van der Waals surface area contributed by atoms with Crippen LogP contribution in [0.4, 0.5) is 5.69 Å². The van der Waals surface area contributed by atoms with Crippen molar-refractivity contribution in [2.45, 2.75) is 0 Å². The van der Waals surface area contributed by atoms with Crippen molar-refractivity contribution < 1.29 is 5.11 Å². The highest BCUT2D eigenvalue weighted by molar-refractivity contribution is 6.30. The monoisotopic (exact) mass is 232 g/mol. The first-order chi connectivity index (χ1) is 7.75. The molecule has 0 spiro atoms. The van der Waals surface area contributed by atoms with E-state index in [1.165, 1.54) is 6.07 Å². The van der Waals surface area contributed by atoms with Crippen LogP contribution in [0.1, 0.15) is 5.56 Å². The molecule has 0 aliphatic rings. The van der Waals surface area contributed by atoms with Gasteiger partial charge in [0.05, 0.1) is 11.9 Å². The SMILES string of the molecule is Oc1ccc(Cl)cc1C=Nc1cccnc1. The highest BCUT2D eigenvalue weighted by Crippen LogP contribution is 2.20. The highest BCUT2D eigenvalue weighted by Gasteiger charge is 1.98. The predicted molar refractivity (Wildman–Crippen MR) is 64.6 cm³/mol. The first-order valence-corrected chi connectivity index (χ1v) is 5.06. The molecular weight excluding hydrogens is 224 g/mol. The first kappa shape index (κ1) is 10.6. The van der Waals surface area contributed by atoms with Gasteiger partial charge in [-0.1, -0.05) is 11.6 Å². The van der Waals surface area contributed by atoms with Crippen LogP contribution in [-0.4, -0.2) is 16.3 Å². The summed E-state index contributed by atoms with van der Waals surface area (Å²) in [6.07, 6.45) is 4.87. The fraction of sp³-hybridized carbons (Fsp3) is 0. The third-order valence-corrected chi connectivity index (χ3v) is 2.22. The molecule has 1 aromatic carbocycles. The average Bonchev–Trinajstić information content (AvgIpc) is 2.32. The highest BCUT2D eigenvalue weighted by atomic mass is 35.5. The van der Waals surface area contributed by atoms with E-state index in [1.54, 1.807) is 36.8 Å². The molecule has 1 aromatic heterocycles. The Hall–Kier alpha value is -1.87. The summed E-state index contributed by atoms with van der Waals surface area (Å²) in [6.45, 7) is 0. The molecule has 0 aliphatic carbocycles. The lowest BCUT2D eigenvalue weighted by Crippen LogP contribution is -1.82. The summed E-state index contributed by atoms with van der Waals surface area (Å²) >= 11 is 5.81. The number of phenols is 1. The Morgan fingerprint density at radius 2 is 2.19 bits per heavy atom. The molecular formula is C12H9ClN2O. The van der Waals surface area contributed by atoms with Crippen molar-refractivity contribution in [1.29, 1.82) is 0 Å². The Morgan fingerprint density at radius 3 is 2.94 bits per heavy atom. The number of pyridine rings is 1. The number of halogens is 1. The number of hydrogen-bond donors (Lipinski definition) is 1. The van der Waals surface area contributed by atoms with E-state index in [9.17, 15) is 5.11 Å². The van der Waals surface area contributed by atoms with Crippen LogP contribution in [0.25, 0.3) is 0 Å². The number of aromatic hydroxyl groups is 1. The third kappa shape index (κ3) is 2.58. The molecule has 0 aliphatic heterocycles. The Bertz CT molecular complexity index is 512. The van der Waals surface area contributed by atoms with Gasteiger partial charge in [-0.25, -0.2) is 0 Å². The minimum Gasteiger partial charge on any atom is -0.507 e. The first-order valence-electron chi connectivity index (χ1n) is 4.68. The Kier molecular flexibility index (Phi) is 3.17. The molecule has 1 N–H and O–H groups in total. The quantitative estimate of drug-likeness (QED) is 0.809. The summed E-state index contributed by atoms with van der Waals surface area (Å²) in [7, 11) is 0. The largest absolute Gasteiger partial charge is 0.507 e. The van der Waals surface area contributed by atoms with E-state index in [2.05, 4.69) is 9.98 Å². The van der Waals surface area contributed by atoms with Crippen molar-refractivity contribution in [3.63, 3.8) is 0 Å². The maximum absolute atomic E-state index is 9.55. The van der Waals surface area contributed by atoms with E-state index in [1.807, 2.05) is 6.07 Å². The topological polar surface area (TPSA) is 45.5 Å². The van der Waals surface area contributed by atoms with Crippen LogP contribution in [0.3, 0.4) is 0 Å². The Morgan fingerprint density at radius 1 is 1.31 bits per heavy atom. The number of aromatic nitrogens is 1. The normalized spacial score (nSPS) is 10.8. The molecule has 4 heteroatoms. The fourth-order valence-electron chi connectivity index (χ4n) is 1.20. The molecule has 16 heavy (non-hydrogen) atoms. The predicted octanol–water partition coefficient (Wildman–Crippen LogP) is 3.19. The summed E-state index contributed by atoms with van der Waals surface area (Å²) < 4.78 is 0. The zero-order valence-corrected chi connectivity index (χ0v) is 9.09. The van der Waals surface area contributed by atoms with Crippen LogP contribution in [0.15, 0.2) is 47.7 Å². The summed E-state index contributed by atoms with van der Waals surface area (Å²) in [5.41, 5.74) is 1.30. The van der Waals surface area contributed by atoms with E-state index < -0.39 is 0 Å². The van der Waals surface area contributed by atoms with E-state index in [0.29, 0.717) is 10.6 Å². The molecule has 0 unspecified atom stereocenters. The number of phenolic OH excluding ortho intramolecular Hbond substituents is 1. The van der Waals surface area contributed by atoms with Crippen LogP contribution < -0.4 is 0 Å². The van der Waals surface area contributed by atoms with Gasteiger partial charge >= 0.3 is 0 Å². The summed E-state index contributed by atoms with van der Waals surface area (Å²) in [4.78, 5) is 8.11. The van der Waals surface area contributed by atoms with Crippen molar-refractivity contribution in [2.75, 3.05) is 0 Å². The third-order valence-electron chi connectivity index (χ3n) is 1.99. The lowest BCUT2D eigenvalue weighted by atomic mass is 10.2. The van der Waals surface area contributed by atoms with Crippen molar-refractivity contribution in [2.24, 2.45) is 4.99 Å². The molecule has 0 atom stereocenters. The number of rotatable bonds is 2. The molecule has 0 radical (unpaired) electrons. The number of aliphatic imine (C=N–C) groups is 1. The fourth-order valence-corrected chi connectivity index (χ4v) is 1.38. The number of hydrogen-bond acceptors (Lipinski definition) is 3. The minimum atomic E-state index is 0.150. The second-order valence-corrected chi connectivity index (χ2v) is 3.61. The zero-order valence-electron chi connectivity index (χ0n) is 8.34. The number of nitrogens with zero attached hydrogens (tertiary/aromatic N) is 2. The van der Waals surface area contributed by atoms with Gasteiger partial charge in [-0.05, 0) is 30.3 Å². The van der Waals surface area contributed by atoms with Crippen LogP contribution in [0.2, 0.25) is 5.02 Å². The van der Waals surface area contributed by atoms with Gasteiger partial charge in [0.2, 0.25) is 0 Å². The van der Waals surface area contributed by atoms with Crippen molar-refractivity contribution in [1.82, 2.24) is 4.98 Å². The smallest absolute Gasteiger partial charge is 0.124 e.